The van der Waals surface area contributed by atoms with E-state index < -0.39 is 0 Å². The van der Waals surface area contributed by atoms with Gasteiger partial charge in [-0.1, -0.05) is 0 Å². The van der Waals surface area contributed by atoms with E-state index >= 15 is 0 Å². The molecule has 1 aliphatic rings. The van der Waals surface area contributed by atoms with Crippen molar-refractivity contribution >= 4 is 18.3 Å². The second kappa shape index (κ2) is 5.55. The normalized spacial score (nSPS) is 19.9. The molecule has 0 spiro atoms. The van der Waals surface area contributed by atoms with E-state index in [2.05, 4.69) is 22.6 Å². The fourth-order valence-corrected chi connectivity index (χ4v) is 2.20. The maximum Gasteiger partial charge on any atom is 0.268 e. The Balaban J connectivity index is 2.12. The van der Waals surface area contributed by atoms with Crippen molar-refractivity contribution < 1.29 is 4.74 Å². The van der Waals surface area contributed by atoms with Crippen LogP contribution in [0.4, 0.5) is 5.69 Å². The summed E-state index contributed by atoms with van der Waals surface area (Å²) in [4.78, 5) is 13.9. The maximum absolute atomic E-state index is 11.7. The molecular weight excluding hydrogens is 238 g/mol. The van der Waals surface area contributed by atoms with E-state index in [1.54, 1.807) is 19.4 Å². The van der Waals surface area contributed by atoms with Crippen molar-refractivity contribution in [2.45, 2.75) is 19.1 Å². The summed E-state index contributed by atoms with van der Waals surface area (Å²) in [7, 11) is 1.72. The van der Waals surface area contributed by atoms with Gasteiger partial charge in [-0.3, -0.25) is 4.79 Å². The van der Waals surface area contributed by atoms with Crippen molar-refractivity contribution in [3.8, 4) is 0 Å². The smallest absolute Gasteiger partial charge is 0.268 e. The van der Waals surface area contributed by atoms with E-state index in [4.69, 9.17) is 4.74 Å². The van der Waals surface area contributed by atoms with Crippen molar-refractivity contribution in [3.63, 3.8) is 0 Å². The number of nitrogens with zero attached hydrogens (tertiary/aromatic N) is 3. The van der Waals surface area contributed by atoms with E-state index in [9.17, 15) is 4.79 Å². The zero-order valence-electron chi connectivity index (χ0n) is 9.87. The number of aryl methyl sites for hydroxylation is 1. The summed E-state index contributed by atoms with van der Waals surface area (Å²) in [6.07, 6.45) is 2.99. The van der Waals surface area contributed by atoms with Crippen LogP contribution in [0.25, 0.3) is 0 Å². The van der Waals surface area contributed by atoms with E-state index in [-0.39, 0.29) is 11.7 Å². The predicted molar refractivity (Wildman–Crippen MR) is 70.0 cm³/mol. The fourth-order valence-electron chi connectivity index (χ4n) is 2.01. The lowest BCUT2D eigenvalue weighted by molar-refractivity contribution is 0.121. The number of hydrogen-bond acceptors (Lipinski definition) is 5. The molecule has 5 nitrogen and oxygen atoms in total. The second-order valence-electron chi connectivity index (χ2n) is 4.09. The van der Waals surface area contributed by atoms with Gasteiger partial charge in [0.1, 0.15) is 0 Å². The highest BCUT2D eigenvalue weighted by atomic mass is 32.1. The van der Waals surface area contributed by atoms with Crippen LogP contribution in [0, 0.1) is 0 Å². The number of rotatable bonds is 4. The van der Waals surface area contributed by atoms with Crippen LogP contribution in [0.3, 0.4) is 0 Å². The Morgan fingerprint density at radius 3 is 3.06 bits per heavy atom. The van der Waals surface area contributed by atoms with Gasteiger partial charge >= 0.3 is 0 Å². The zero-order chi connectivity index (χ0) is 12.3. The Bertz CT molecular complexity index is 435. The molecule has 0 bridgehead atoms. The average Bonchev–Trinajstić information content (AvgIpc) is 2.80. The number of methoxy groups -OCH3 is 1. The summed E-state index contributed by atoms with van der Waals surface area (Å²) in [6, 6.07) is 1.63. The largest absolute Gasteiger partial charge is 0.380 e. The van der Waals surface area contributed by atoms with Gasteiger partial charge in [0.2, 0.25) is 0 Å². The van der Waals surface area contributed by atoms with Crippen LogP contribution in [0.5, 0.6) is 0 Å². The average molecular weight is 255 g/mol. The third-order valence-electron chi connectivity index (χ3n) is 3.01. The first-order chi connectivity index (χ1) is 8.24. The fraction of sp³-hybridized carbons (Fsp3) is 0.636. The number of hydrogen-bond donors (Lipinski definition) is 1. The number of anilines is 1. The molecule has 1 atom stereocenters. The topological polar surface area (TPSA) is 47.4 Å². The monoisotopic (exact) mass is 255 g/mol. The summed E-state index contributed by atoms with van der Waals surface area (Å²) in [6.45, 7) is 2.29. The third-order valence-corrected chi connectivity index (χ3v) is 3.21. The number of thiol groups is 1. The van der Waals surface area contributed by atoms with E-state index in [1.165, 1.54) is 4.68 Å². The molecule has 1 aliphatic heterocycles. The first-order valence-electron chi connectivity index (χ1n) is 5.70. The molecule has 1 aromatic heterocycles. The molecule has 0 aromatic carbocycles. The number of ether oxygens (including phenoxy) is 1. The molecular formula is C11H17N3O2S. The van der Waals surface area contributed by atoms with Crippen LogP contribution in [0.2, 0.25) is 0 Å². The Kier molecular flexibility index (Phi) is 4.06. The molecule has 1 aromatic rings. The molecule has 1 saturated heterocycles. The second-order valence-corrected chi connectivity index (χ2v) is 4.54. The lowest BCUT2D eigenvalue weighted by Crippen LogP contribution is -2.27. The first kappa shape index (κ1) is 12.4. The molecule has 1 fully saturated rings. The van der Waals surface area contributed by atoms with Crippen molar-refractivity contribution in [2.24, 2.45) is 0 Å². The number of aromatic nitrogens is 2. The van der Waals surface area contributed by atoms with E-state index in [1.807, 2.05) is 0 Å². The summed E-state index contributed by atoms with van der Waals surface area (Å²) in [5, 5.41) is 4.14. The van der Waals surface area contributed by atoms with Crippen LogP contribution in [-0.4, -0.2) is 41.8 Å². The minimum absolute atomic E-state index is 0.0718. The summed E-state index contributed by atoms with van der Waals surface area (Å²) < 4.78 is 6.73. The summed E-state index contributed by atoms with van der Waals surface area (Å²) in [5.74, 6) is 0.613. The Hall–Kier alpha value is -1.01. The van der Waals surface area contributed by atoms with Gasteiger partial charge in [0, 0.05) is 32.0 Å². The van der Waals surface area contributed by atoms with Gasteiger partial charge in [0.25, 0.3) is 5.56 Å². The lowest BCUT2D eigenvalue weighted by atomic mass is 10.3. The minimum atomic E-state index is -0.0718. The van der Waals surface area contributed by atoms with Gasteiger partial charge in [0.15, 0.2) is 0 Å². The molecule has 0 aliphatic carbocycles. The lowest BCUT2D eigenvalue weighted by Gasteiger charge is -2.17. The van der Waals surface area contributed by atoms with Gasteiger partial charge < -0.3 is 9.64 Å². The summed E-state index contributed by atoms with van der Waals surface area (Å²) >= 11 is 4.09. The van der Waals surface area contributed by atoms with Crippen LogP contribution in [-0.2, 0) is 11.3 Å². The quantitative estimate of drug-likeness (QED) is 0.791. The zero-order valence-corrected chi connectivity index (χ0v) is 10.8. The predicted octanol–water partition coefficient (Wildman–Crippen LogP) is 0.398. The highest BCUT2D eigenvalue weighted by Crippen LogP contribution is 2.18. The van der Waals surface area contributed by atoms with Gasteiger partial charge in [-0.25, -0.2) is 4.68 Å². The molecule has 0 radical (unpaired) electrons. The molecule has 2 rings (SSSR count). The van der Waals surface area contributed by atoms with Crippen LogP contribution in [0.1, 0.15) is 6.42 Å². The van der Waals surface area contributed by atoms with Crippen LogP contribution < -0.4 is 10.5 Å². The Labute approximate surface area is 106 Å². The highest BCUT2D eigenvalue weighted by Gasteiger charge is 2.22. The molecule has 0 N–H and O–H groups in total. The van der Waals surface area contributed by atoms with Crippen molar-refractivity contribution in [1.82, 2.24) is 9.78 Å². The Morgan fingerprint density at radius 1 is 1.65 bits per heavy atom. The van der Waals surface area contributed by atoms with Gasteiger partial charge in [0.05, 0.1) is 24.5 Å². The molecule has 0 amide bonds. The SMILES string of the molecule is COC1CCN(c2cnn(CCS)c(=O)c2)C1. The van der Waals surface area contributed by atoms with Crippen molar-refractivity contribution in [3.05, 3.63) is 22.6 Å². The maximum atomic E-state index is 11.7. The molecule has 0 saturated carbocycles. The minimum Gasteiger partial charge on any atom is -0.380 e. The highest BCUT2D eigenvalue weighted by molar-refractivity contribution is 7.80. The Morgan fingerprint density at radius 2 is 2.47 bits per heavy atom. The van der Waals surface area contributed by atoms with E-state index in [0.717, 1.165) is 25.2 Å². The first-order valence-corrected chi connectivity index (χ1v) is 6.33. The van der Waals surface area contributed by atoms with E-state index in [0.29, 0.717) is 12.3 Å². The van der Waals surface area contributed by atoms with Gasteiger partial charge in [-0.2, -0.15) is 17.7 Å². The van der Waals surface area contributed by atoms with Gasteiger partial charge in [-0.15, -0.1) is 0 Å². The standard InChI is InChI=1S/C11H17N3O2S/c1-16-10-2-3-13(8-10)9-6-11(15)14(4-5-17)12-7-9/h6-7,10,17H,2-5,8H2,1H3. The van der Waals surface area contributed by atoms with Gasteiger partial charge in [-0.05, 0) is 6.42 Å². The summed E-state index contributed by atoms with van der Waals surface area (Å²) in [5.41, 5.74) is 0.808. The molecule has 2 heterocycles. The van der Waals surface area contributed by atoms with Crippen molar-refractivity contribution in [1.29, 1.82) is 0 Å². The van der Waals surface area contributed by atoms with Crippen molar-refractivity contribution in [2.75, 3.05) is 30.9 Å². The molecule has 1 unspecified atom stereocenters. The van der Waals surface area contributed by atoms with Crippen LogP contribution >= 0.6 is 12.6 Å². The van der Waals surface area contributed by atoms with Crippen LogP contribution in [0.15, 0.2) is 17.1 Å². The molecule has 17 heavy (non-hydrogen) atoms. The third kappa shape index (κ3) is 2.81. The molecule has 94 valence electrons. The molecule has 6 heteroatoms.